The first-order valence-electron chi connectivity index (χ1n) is 6.22. The minimum absolute atomic E-state index is 0.000981. The monoisotopic (exact) mass is 277 g/mol. The quantitative estimate of drug-likeness (QED) is 0.647. The molecule has 1 saturated heterocycles. The lowest BCUT2D eigenvalue weighted by atomic mass is 10.1. The molecule has 0 aliphatic carbocycles. The summed E-state index contributed by atoms with van der Waals surface area (Å²) in [7, 11) is 1.63. The number of hydrogen-bond acceptors (Lipinski definition) is 4. The third-order valence-electron chi connectivity index (χ3n) is 3.24. The van der Waals surface area contributed by atoms with E-state index in [1.165, 1.54) is 17.0 Å². The first kappa shape index (κ1) is 14.0. The SMILES string of the molecule is CN(Cc1cccc([N+](=O)[O-])c1)C(=O)C1CNC(=O)C1. The van der Waals surface area contributed by atoms with Gasteiger partial charge in [-0.2, -0.15) is 0 Å². The van der Waals surface area contributed by atoms with Gasteiger partial charge < -0.3 is 10.2 Å². The summed E-state index contributed by atoms with van der Waals surface area (Å²) in [4.78, 5) is 34.9. The van der Waals surface area contributed by atoms with Crippen LogP contribution in [0, 0.1) is 16.0 Å². The summed E-state index contributed by atoms with van der Waals surface area (Å²) in [6, 6.07) is 6.17. The molecule has 1 atom stereocenters. The molecular formula is C13H15N3O4. The first-order valence-corrected chi connectivity index (χ1v) is 6.22. The molecule has 2 rings (SSSR count). The highest BCUT2D eigenvalue weighted by molar-refractivity contribution is 5.89. The van der Waals surface area contributed by atoms with Crippen molar-refractivity contribution in [2.24, 2.45) is 5.92 Å². The van der Waals surface area contributed by atoms with E-state index in [2.05, 4.69) is 5.32 Å². The number of nitro benzene ring substituents is 1. The van der Waals surface area contributed by atoms with Crippen LogP contribution in [0.4, 0.5) is 5.69 Å². The van der Waals surface area contributed by atoms with Crippen molar-refractivity contribution < 1.29 is 14.5 Å². The summed E-state index contributed by atoms with van der Waals surface area (Å²) in [5.41, 5.74) is 0.688. The maximum atomic E-state index is 12.1. The molecule has 0 aromatic heterocycles. The van der Waals surface area contributed by atoms with E-state index in [0.717, 1.165) is 0 Å². The van der Waals surface area contributed by atoms with Crippen LogP contribution in [-0.2, 0) is 16.1 Å². The lowest BCUT2D eigenvalue weighted by molar-refractivity contribution is -0.384. The zero-order chi connectivity index (χ0) is 14.7. The smallest absolute Gasteiger partial charge is 0.269 e. The number of nitro groups is 1. The fraction of sp³-hybridized carbons (Fsp3) is 0.385. The Morgan fingerprint density at radius 1 is 1.55 bits per heavy atom. The second kappa shape index (κ2) is 5.68. The molecule has 0 bridgehead atoms. The molecule has 2 amide bonds. The Kier molecular flexibility index (Phi) is 3.97. The van der Waals surface area contributed by atoms with Crippen LogP contribution >= 0.6 is 0 Å². The molecule has 1 heterocycles. The highest BCUT2D eigenvalue weighted by Crippen LogP contribution is 2.17. The summed E-state index contributed by atoms with van der Waals surface area (Å²) < 4.78 is 0. The molecular weight excluding hydrogens is 262 g/mol. The Labute approximate surface area is 115 Å². The summed E-state index contributed by atoms with van der Waals surface area (Å²) in [6.45, 7) is 0.641. The maximum absolute atomic E-state index is 12.1. The fourth-order valence-corrected chi connectivity index (χ4v) is 2.21. The second-order valence-electron chi connectivity index (χ2n) is 4.83. The highest BCUT2D eigenvalue weighted by atomic mass is 16.6. The molecule has 1 aliphatic heterocycles. The Bertz CT molecular complexity index is 558. The number of carbonyl (C=O) groups excluding carboxylic acids is 2. The van der Waals surface area contributed by atoms with Crippen molar-refractivity contribution in [2.45, 2.75) is 13.0 Å². The average Bonchev–Trinajstić information content (AvgIpc) is 2.84. The van der Waals surface area contributed by atoms with E-state index in [9.17, 15) is 19.7 Å². The van der Waals surface area contributed by atoms with Crippen molar-refractivity contribution >= 4 is 17.5 Å². The van der Waals surface area contributed by atoms with Crippen LogP contribution in [0.25, 0.3) is 0 Å². The van der Waals surface area contributed by atoms with Gasteiger partial charge in [-0.1, -0.05) is 12.1 Å². The topological polar surface area (TPSA) is 92.5 Å². The minimum atomic E-state index is -0.467. The maximum Gasteiger partial charge on any atom is 0.269 e. The largest absolute Gasteiger partial charge is 0.355 e. The van der Waals surface area contributed by atoms with Gasteiger partial charge in [0.1, 0.15) is 0 Å². The number of rotatable bonds is 4. The normalized spacial score (nSPS) is 17.6. The molecule has 0 spiro atoms. The van der Waals surface area contributed by atoms with Gasteiger partial charge in [-0.3, -0.25) is 19.7 Å². The average molecular weight is 277 g/mol. The van der Waals surface area contributed by atoms with Crippen molar-refractivity contribution in [1.29, 1.82) is 0 Å². The van der Waals surface area contributed by atoms with Crippen LogP contribution in [0.1, 0.15) is 12.0 Å². The van der Waals surface area contributed by atoms with Crippen LogP contribution in [-0.4, -0.2) is 35.2 Å². The number of hydrogen-bond donors (Lipinski definition) is 1. The molecule has 1 fully saturated rings. The molecule has 106 valence electrons. The summed E-state index contributed by atoms with van der Waals surface area (Å²) >= 11 is 0. The van der Waals surface area contributed by atoms with Crippen molar-refractivity contribution in [3.63, 3.8) is 0 Å². The van der Waals surface area contributed by atoms with Gasteiger partial charge in [0.15, 0.2) is 0 Å². The Hall–Kier alpha value is -2.44. The van der Waals surface area contributed by atoms with E-state index in [-0.39, 0.29) is 36.4 Å². The van der Waals surface area contributed by atoms with E-state index >= 15 is 0 Å². The number of nitrogens with one attached hydrogen (secondary N) is 1. The molecule has 1 aliphatic rings. The number of benzene rings is 1. The summed E-state index contributed by atoms with van der Waals surface area (Å²) in [5, 5.41) is 13.3. The van der Waals surface area contributed by atoms with E-state index < -0.39 is 4.92 Å². The van der Waals surface area contributed by atoms with Gasteiger partial charge in [-0.25, -0.2) is 0 Å². The van der Waals surface area contributed by atoms with Crippen molar-refractivity contribution in [1.82, 2.24) is 10.2 Å². The number of non-ortho nitro benzene ring substituents is 1. The first-order chi connectivity index (χ1) is 9.47. The van der Waals surface area contributed by atoms with Crippen molar-refractivity contribution in [3.05, 3.63) is 39.9 Å². The Balaban J connectivity index is 2.02. The molecule has 7 heteroatoms. The van der Waals surface area contributed by atoms with Crippen LogP contribution in [0.5, 0.6) is 0 Å². The van der Waals surface area contributed by atoms with Gasteiger partial charge in [0.05, 0.1) is 10.8 Å². The molecule has 1 aromatic rings. The fourth-order valence-electron chi connectivity index (χ4n) is 2.21. The minimum Gasteiger partial charge on any atom is -0.355 e. The number of carbonyl (C=O) groups is 2. The molecule has 0 radical (unpaired) electrons. The third-order valence-corrected chi connectivity index (χ3v) is 3.24. The predicted octanol–water partition coefficient (Wildman–Crippen LogP) is 0.689. The van der Waals surface area contributed by atoms with Crippen LogP contribution in [0.2, 0.25) is 0 Å². The van der Waals surface area contributed by atoms with Crippen LogP contribution in [0.3, 0.4) is 0 Å². The van der Waals surface area contributed by atoms with E-state index in [1.54, 1.807) is 19.2 Å². The molecule has 7 nitrogen and oxygen atoms in total. The van der Waals surface area contributed by atoms with Crippen molar-refractivity contribution in [2.75, 3.05) is 13.6 Å². The summed E-state index contributed by atoms with van der Waals surface area (Å²) in [5.74, 6) is -0.590. The molecule has 1 unspecified atom stereocenters. The van der Waals surface area contributed by atoms with E-state index in [1.807, 2.05) is 0 Å². The molecule has 0 saturated carbocycles. The van der Waals surface area contributed by atoms with Gasteiger partial charge in [-0.05, 0) is 5.56 Å². The standard InChI is InChI=1S/C13H15N3O4/c1-15(13(18)10-6-12(17)14-7-10)8-9-3-2-4-11(5-9)16(19)20/h2-5,10H,6-8H2,1H3,(H,14,17). The Morgan fingerprint density at radius 3 is 2.90 bits per heavy atom. The summed E-state index contributed by atoms with van der Waals surface area (Å²) in [6.07, 6.45) is 0.206. The van der Waals surface area contributed by atoms with Gasteiger partial charge in [0.25, 0.3) is 5.69 Å². The lowest BCUT2D eigenvalue weighted by Crippen LogP contribution is -2.33. The van der Waals surface area contributed by atoms with Gasteiger partial charge in [0, 0.05) is 38.7 Å². The molecule has 20 heavy (non-hydrogen) atoms. The Morgan fingerprint density at radius 2 is 2.30 bits per heavy atom. The van der Waals surface area contributed by atoms with Gasteiger partial charge in [0.2, 0.25) is 11.8 Å². The lowest BCUT2D eigenvalue weighted by Gasteiger charge is -2.20. The predicted molar refractivity (Wildman–Crippen MR) is 70.7 cm³/mol. The second-order valence-corrected chi connectivity index (χ2v) is 4.83. The van der Waals surface area contributed by atoms with Crippen molar-refractivity contribution in [3.8, 4) is 0 Å². The van der Waals surface area contributed by atoms with Crippen LogP contribution < -0.4 is 5.32 Å². The third kappa shape index (κ3) is 3.11. The van der Waals surface area contributed by atoms with E-state index in [4.69, 9.17) is 0 Å². The highest BCUT2D eigenvalue weighted by Gasteiger charge is 2.30. The van der Waals surface area contributed by atoms with E-state index in [0.29, 0.717) is 12.1 Å². The van der Waals surface area contributed by atoms with Gasteiger partial charge >= 0.3 is 0 Å². The zero-order valence-electron chi connectivity index (χ0n) is 11.0. The number of amides is 2. The van der Waals surface area contributed by atoms with Crippen LogP contribution in [0.15, 0.2) is 24.3 Å². The van der Waals surface area contributed by atoms with Gasteiger partial charge in [-0.15, -0.1) is 0 Å². The molecule has 1 N–H and O–H groups in total. The number of nitrogens with zero attached hydrogens (tertiary/aromatic N) is 2. The molecule has 1 aromatic carbocycles. The zero-order valence-corrected chi connectivity index (χ0v) is 11.0.